The number of hydrogen-bond acceptors (Lipinski definition) is 3. The lowest BCUT2D eigenvalue weighted by atomic mass is 9.94. The predicted octanol–water partition coefficient (Wildman–Crippen LogP) is 3.01. The standard InChI is InChI=1S/C15H15F3N2O2S/c1-8-11(13(21)22-3)12(19-14(23)20(8)2)9-5-4-6-10(7-9)15(16,17)18/h4-7,12H,1-3H3,(H,19,23). The van der Waals surface area contributed by atoms with Crippen molar-refractivity contribution in [2.45, 2.75) is 19.1 Å². The Bertz CT molecular complexity index is 686. The maximum Gasteiger partial charge on any atom is 0.416 e. The highest BCUT2D eigenvalue weighted by molar-refractivity contribution is 7.80. The van der Waals surface area contributed by atoms with E-state index < -0.39 is 23.8 Å². The molecule has 0 saturated heterocycles. The molecule has 1 aliphatic heterocycles. The summed E-state index contributed by atoms with van der Waals surface area (Å²) in [5.74, 6) is -0.619. The second-order valence-electron chi connectivity index (χ2n) is 5.06. The Morgan fingerprint density at radius 1 is 1.39 bits per heavy atom. The van der Waals surface area contributed by atoms with Crippen LogP contribution in [0, 0.1) is 0 Å². The number of nitrogens with one attached hydrogen (secondary N) is 1. The van der Waals surface area contributed by atoms with Gasteiger partial charge in [-0.15, -0.1) is 0 Å². The molecular formula is C15H15F3N2O2S. The molecule has 2 rings (SSSR count). The minimum Gasteiger partial charge on any atom is -0.466 e. The molecule has 0 bridgehead atoms. The van der Waals surface area contributed by atoms with E-state index in [9.17, 15) is 18.0 Å². The smallest absolute Gasteiger partial charge is 0.416 e. The highest BCUT2D eigenvalue weighted by Crippen LogP contribution is 2.34. The molecule has 0 saturated carbocycles. The SMILES string of the molecule is COC(=O)C1=C(C)N(C)C(=S)NC1c1cccc(C(F)(F)F)c1. The maximum absolute atomic E-state index is 12.9. The third kappa shape index (κ3) is 3.31. The quantitative estimate of drug-likeness (QED) is 0.660. The number of rotatable bonds is 2. The lowest BCUT2D eigenvalue weighted by Gasteiger charge is -2.35. The van der Waals surface area contributed by atoms with Gasteiger partial charge >= 0.3 is 12.1 Å². The van der Waals surface area contributed by atoms with Crippen molar-refractivity contribution in [3.63, 3.8) is 0 Å². The summed E-state index contributed by atoms with van der Waals surface area (Å²) in [5.41, 5.74) is 0.254. The third-order valence-electron chi connectivity index (χ3n) is 3.71. The van der Waals surface area contributed by atoms with Crippen LogP contribution >= 0.6 is 12.2 Å². The summed E-state index contributed by atoms with van der Waals surface area (Å²) in [5, 5.41) is 3.21. The zero-order valence-electron chi connectivity index (χ0n) is 12.7. The Balaban J connectivity index is 2.56. The van der Waals surface area contributed by atoms with Crippen LogP contribution in [0.25, 0.3) is 0 Å². The summed E-state index contributed by atoms with van der Waals surface area (Å²) in [7, 11) is 2.88. The van der Waals surface area contributed by atoms with Gasteiger partial charge < -0.3 is 15.0 Å². The van der Waals surface area contributed by atoms with Crippen LogP contribution in [-0.2, 0) is 15.7 Å². The summed E-state index contributed by atoms with van der Waals surface area (Å²) >= 11 is 5.17. The van der Waals surface area contributed by atoms with Gasteiger partial charge in [-0.05, 0) is 36.8 Å². The first-order valence-electron chi connectivity index (χ1n) is 6.67. The number of esters is 1. The van der Waals surface area contributed by atoms with Crippen molar-refractivity contribution in [3.8, 4) is 0 Å². The van der Waals surface area contributed by atoms with Crippen molar-refractivity contribution in [1.82, 2.24) is 10.2 Å². The molecule has 0 fully saturated rings. The number of methoxy groups -OCH3 is 1. The van der Waals surface area contributed by atoms with Crippen molar-refractivity contribution in [2.75, 3.05) is 14.2 Å². The Labute approximate surface area is 136 Å². The average Bonchev–Trinajstić information content (AvgIpc) is 2.51. The zero-order valence-corrected chi connectivity index (χ0v) is 13.5. The van der Waals surface area contributed by atoms with Gasteiger partial charge in [0.05, 0.1) is 24.3 Å². The van der Waals surface area contributed by atoms with Crippen molar-refractivity contribution in [2.24, 2.45) is 0 Å². The van der Waals surface area contributed by atoms with E-state index >= 15 is 0 Å². The van der Waals surface area contributed by atoms with Gasteiger partial charge in [0.2, 0.25) is 0 Å². The fraction of sp³-hybridized carbons (Fsp3) is 0.333. The fourth-order valence-electron chi connectivity index (χ4n) is 2.35. The van der Waals surface area contributed by atoms with E-state index in [1.807, 2.05) is 0 Å². The van der Waals surface area contributed by atoms with Crippen LogP contribution in [0.5, 0.6) is 0 Å². The predicted molar refractivity (Wildman–Crippen MR) is 82.4 cm³/mol. The van der Waals surface area contributed by atoms with Crippen LogP contribution < -0.4 is 5.32 Å². The molecule has 1 aromatic rings. The molecule has 0 aliphatic carbocycles. The molecule has 1 atom stereocenters. The normalized spacial score (nSPS) is 18.8. The largest absolute Gasteiger partial charge is 0.466 e. The lowest BCUT2D eigenvalue weighted by Crippen LogP contribution is -2.46. The summed E-state index contributed by atoms with van der Waals surface area (Å²) in [6.07, 6.45) is -4.47. The van der Waals surface area contributed by atoms with Crippen LogP contribution in [0.3, 0.4) is 0 Å². The number of alkyl halides is 3. The van der Waals surface area contributed by atoms with E-state index in [1.165, 1.54) is 19.2 Å². The minimum absolute atomic E-state index is 0.225. The number of allylic oxidation sites excluding steroid dienone is 1. The topological polar surface area (TPSA) is 41.6 Å². The number of ether oxygens (including phenoxy) is 1. The third-order valence-corrected chi connectivity index (χ3v) is 4.10. The molecular weight excluding hydrogens is 329 g/mol. The Morgan fingerprint density at radius 3 is 2.61 bits per heavy atom. The van der Waals surface area contributed by atoms with Gasteiger partial charge in [0.25, 0.3) is 0 Å². The van der Waals surface area contributed by atoms with E-state index in [-0.39, 0.29) is 11.1 Å². The fourth-order valence-corrected chi connectivity index (χ4v) is 2.61. The molecule has 0 radical (unpaired) electrons. The highest BCUT2D eigenvalue weighted by atomic mass is 32.1. The summed E-state index contributed by atoms with van der Waals surface area (Å²) in [4.78, 5) is 13.7. The first kappa shape index (κ1) is 17.3. The molecule has 1 aromatic carbocycles. The average molecular weight is 344 g/mol. The van der Waals surface area contributed by atoms with Crippen molar-refractivity contribution in [3.05, 3.63) is 46.7 Å². The van der Waals surface area contributed by atoms with E-state index in [2.05, 4.69) is 5.32 Å². The molecule has 23 heavy (non-hydrogen) atoms. The van der Waals surface area contributed by atoms with Gasteiger partial charge in [-0.2, -0.15) is 13.2 Å². The van der Waals surface area contributed by atoms with Crippen LogP contribution in [0.4, 0.5) is 13.2 Å². The van der Waals surface area contributed by atoms with Gasteiger partial charge in [0, 0.05) is 12.7 Å². The minimum atomic E-state index is -4.47. The monoisotopic (exact) mass is 344 g/mol. The number of hydrogen-bond donors (Lipinski definition) is 1. The van der Waals surface area contributed by atoms with Crippen molar-refractivity contribution in [1.29, 1.82) is 0 Å². The number of nitrogens with zero attached hydrogens (tertiary/aromatic N) is 1. The van der Waals surface area contributed by atoms with Gasteiger partial charge in [-0.3, -0.25) is 0 Å². The van der Waals surface area contributed by atoms with E-state index in [4.69, 9.17) is 17.0 Å². The first-order valence-corrected chi connectivity index (χ1v) is 7.08. The molecule has 1 heterocycles. The molecule has 1 N–H and O–H groups in total. The molecule has 8 heteroatoms. The van der Waals surface area contributed by atoms with Gasteiger partial charge in [0.15, 0.2) is 5.11 Å². The maximum atomic E-state index is 12.9. The number of benzene rings is 1. The van der Waals surface area contributed by atoms with E-state index in [0.717, 1.165) is 12.1 Å². The van der Waals surface area contributed by atoms with Crippen LogP contribution in [-0.4, -0.2) is 30.1 Å². The molecule has 1 unspecified atom stereocenters. The molecule has 0 amide bonds. The highest BCUT2D eigenvalue weighted by Gasteiger charge is 2.35. The summed E-state index contributed by atoms with van der Waals surface area (Å²) in [6, 6.07) is 3.99. The zero-order chi connectivity index (χ0) is 17.4. The lowest BCUT2D eigenvalue weighted by molar-refractivity contribution is -0.137. The molecule has 1 aliphatic rings. The number of thiocarbonyl (C=S) groups is 1. The summed E-state index contributed by atoms with van der Waals surface area (Å²) in [6.45, 7) is 1.67. The summed E-state index contributed by atoms with van der Waals surface area (Å²) < 4.78 is 43.5. The number of carbonyl (C=O) groups is 1. The first-order chi connectivity index (χ1) is 10.7. The Morgan fingerprint density at radius 2 is 2.04 bits per heavy atom. The van der Waals surface area contributed by atoms with E-state index in [1.54, 1.807) is 18.9 Å². The second kappa shape index (κ2) is 6.19. The van der Waals surface area contributed by atoms with Gasteiger partial charge in [-0.25, -0.2) is 4.79 Å². The second-order valence-corrected chi connectivity index (χ2v) is 5.44. The molecule has 124 valence electrons. The van der Waals surface area contributed by atoms with Crippen LogP contribution in [0.2, 0.25) is 0 Å². The molecule has 4 nitrogen and oxygen atoms in total. The van der Waals surface area contributed by atoms with E-state index in [0.29, 0.717) is 10.8 Å². The van der Waals surface area contributed by atoms with Crippen molar-refractivity contribution >= 4 is 23.3 Å². The Kier molecular flexibility index (Phi) is 4.65. The number of carbonyl (C=O) groups excluding carboxylic acids is 1. The van der Waals surface area contributed by atoms with Crippen LogP contribution in [0.1, 0.15) is 24.1 Å². The van der Waals surface area contributed by atoms with Gasteiger partial charge in [0.1, 0.15) is 0 Å². The molecule has 0 spiro atoms. The number of halogens is 3. The molecule has 0 aromatic heterocycles. The van der Waals surface area contributed by atoms with Gasteiger partial charge in [-0.1, -0.05) is 12.1 Å². The van der Waals surface area contributed by atoms with Crippen molar-refractivity contribution < 1.29 is 22.7 Å². The van der Waals surface area contributed by atoms with Crippen LogP contribution in [0.15, 0.2) is 35.5 Å². The Hall–Kier alpha value is -2.09.